The fourth-order valence-electron chi connectivity index (χ4n) is 4.60. The third kappa shape index (κ3) is 3.88. The van der Waals surface area contributed by atoms with E-state index in [0.29, 0.717) is 28.3 Å². The first-order valence-electron chi connectivity index (χ1n) is 10.0. The maximum absolute atomic E-state index is 13.0. The van der Waals surface area contributed by atoms with Crippen molar-refractivity contribution < 1.29 is 17.9 Å². The second kappa shape index (κ2) is 8.12. The largest absolute Gasteiger partial charge is 0.497 e. The number of halogens is 1. The molecule has 2 bridgehead atoms. The minimum absolute atomic E-state index is 0.133. The Morgan fingerprint density at radius 1 is 1.13 bits per heavy atom. The van der Waals surface area contributed by atoms with E-state index >= 15 is 0 Å². The van der Waals surface area contributed by atoms with Crippen molar-refractivity contribution in [2.24, 2.45) is 11.8 Å². The van der Waals surface area contributed by atoms with Crippen LogP contribution in [-0.2, 0) is 10.0 Å². The van der Waals surface area contributed by atoms with Crippen molar-refractivity contribution in [1.29, 1.82) is 0 Å². The van der Waals surface area contributed by atoms with E-state index in [1.807, 2.05) is 0 Å². The summed E-state index contributed by atoms with van der Waals surface area (Å²) in [7, 11) is -0.819. The van der Waals surface area contributed by atoms with Gasteiger partial charge in [-0.25, -0.2) is 8.42 Å². The van der Waals surface area contributed by atoms with Crippen LogP contribution in [-0.4, -0.2) is 34.5 Å². The number of fused-ring (bicyclic) bond motifs is 2. The molecule has 2 aromatic carbocycles. The average molecular weight is 449 g/mol. The number of benzene rings is 2. The highest BCUT2D eigenvalue weighted by Crippen LogP contribution is 2.44. The van der Waals surface area contributed by atoms with Gasteiger partial charge in [0.2, 0.25) is 0 Å². The molecule has 1 N–H and O–H groups in total. The maximum atomic E-state index is 13.0. The highest BCUT2D eigenvalue weighted by atomic mass is 35.5. The van der Waals surface area contributed by atoms with Gasteiger partial charge in [0, 0.05) is 13.1 Å². The van der Waals surface area contributed by atoms with Crippen molar-refractivity contribution in [3.63, 3.8) is 0 Å². The quantitative estimate of drug-likeness (QED) is 0.722. The van der Waals surface area contributed by atoms with Crippen molar-refractivity contribution in [2.75, 3.05) is 18.5 Å². The molecule has 4 rings (SSSR count). The predicted molar refractivity (Wildman–Crippen MR) is 117 cm³/mol. The minimum Gasteiger partial charge on any atom is -0.497 e. The van der Waals surface area contributed by atoms with E-state index in [9.17, 15) is 13.2 Å². The summed E-state index contributed by atoms with van der Waals surface area (Å²) in [5.41, 5.74) is 0.655. The first kappa shape index (κ1) is 21.0. The van der Waals surface area contributed by atoms with Gasteiger partial charge in [0.15, 0.2) is 0 Å². The third-order valence-corrected chi connectivity index (χ3v) is 8.46. The Hall–Kier alpha value is -2.25. The molecule has 3 atom stereocenters. The molecule has 160 valence electrons. The van der Waals surface area contributed by atoms with Crippen LogP contribution in [0.1, 0.15) is 36.0 Å². The lowest BCUT2D eigenvalue weighted by molar-refractivity contribution is 0.0923. The molecule has 0 saturated heterocycles. The van der Waals surface area contributed by atoms with Crippen molar-refractivity contribution in [1.82, 2.24) is 5.32 Å². The van der Waals surface area contributed by atoms with Gasteiger partial charge in [0.25, 0.3) is 15.9 Å². The van der Waals surface area contributed by atoms with Crippen LogP contribution in [0.4, 0.5) is 5.69 Å². The van der Waals surface area contributed by atoms with E-state index in [0.717, 1.165) is 17.1 Å². The first-order chi connectivity index (χ1) is 14.3. The number of carbonyl (C=O) groups excluding carboxylic acids is 1. The van der Waals surface area contributed by atoms with Crippen molar-refractivity contribution in [3.8, 4) is 5.75 Å². The summed E-state index contributed by atoms with van der Waals surface area (Å²) in [6, 6.07) is 11.0. The zero-order valence-corrected chi connectivity index (χ0v) is 18.5. The molecule has 2 fully saturated rings. The lowest BCUT2D eigenvalue weighted by atomic mass is 9.95. The number of amides is 1. The van der Waals surface area contributed by atoms with Crippen LogP contribution in [0.5, 0.6) is 5.75 Å². The van der Waals surface area contributed by atoms with Gasteiger partial charge in [0.1, 0.15) is 5.75 Å². The fraction of sp³-hybridized carbons (Fsp3) is 0.409. The number of hydrogen-bond donors (Lipinski definition) is 1. The maximum Gasteiger partial charge on any atom is 0.264 e. The highest BCUT2D eigenvalue weighted by Gasteiger charge is 2.40. The molecule has 1 amide bonds. The zero-order valence-electron chi connectivity index (χ0n) is 17.0. The smallest absolute Gasteiger partial charge is 0.264 e. The van der Waals surface area contributed by atoms with Gasteiger partial charge in [0.05, 0.1) is 28.3 Å². The Morgan fingerprint density at radius 3 is 2.47 bits per heavy atom. The van der Waals surface area contributed by atoms with E-state index in [4.69, 9.17) is 16.3 Å². The summed E-state index contributed by atoms with van der Waals surface area (Å²) in [5.74, 6) is 1.57. The molecule has 6 nitrogen and oxygen atoms in total. The number of carbonyl (C=O) groups is 1. The van der Waals surface area contributed by atoms with Crippen molar-refractivity contribution in [2.45, 2.75) is 36.6 Å². The Bertz CT molecular complexity index is 1060. The summed E-state index contributed by atoms with van der Waals surface area (Å²) >= 11 is 6.28. The minimum atomic E-state index is -3.80. The number of rotatable bonds is 6. The average Bonchev–Trinajstić information content (AvgIpc) is 3.36. The summed E-state index contributed by atoms with van der Waals surface area (Å²) < 4.78 is 32.3. The predicted octanol–water partition coefficient (Wildman–Crippen LogP) is 4.09. The summed E-state index contributed by atoms with van der Waals surface area (Å²) in [6.45, 7) is 0. The van der Waals surface area contributed by atoms with E-state index in [2.05, 4.69) is 5.32 Å². The Kier molecular flexibility index (Phi) is 5.68. The second-order valence-electron chi connectivity index (χ2n) is 8.07. The number of ether oxygens (including phenoxy) is 1. The number of nitrogens with zero attached hydrogens (tertiary/aromatic N) is 1. The SMILES string of the molecule is COc1ccc(S(=O)(=O)N(C)c2ccc(Cl)c(C(=O)N[C@@H]3C[C@@H]4CC[C@@H]3C4)c2)cc1. The second-order valence-corrected chi connectivity index (χ2v) is 10.4. The van der Waals surface area contributed by atoms with Gasteiger partial charge in [-0.3, -0.25) is 9.10 Å². The van der Waals surface area contributed by atoms with Crippen LogP contribution in [0.3, 0.4) is 0 Å². The van der Waals surface area contributed by atoms with Crippen molar-refractivity contribution >= 4 is 33.2 Å². The van der Waals surface area contributed by atoms with Gasteiger partial charge in [-0.15, -0.1) is 0 Å². The highest BCUT2D eigenvalue weighted by molar-refractivity contribution is 7.92. The Labute approximate surface area is 182 Å². The molecule has 2 aliphatic carbocycles. The van der Waals surface area contributed by atoms with E-state index in [-0.39, 0.29) is 22.4 Å². The molecule has 2 aromatic rings. The monoisotopic (exact) mass is 448 g/mol. The molecule has 0 unspecified atom stereocenters. The normalized spacial score (nSPS) is 22.7. The third-order valence-electron chi connectivity index (χ3n) is 6.33. The van der Waals surface area contributed by atoms with Gasteiger partial charge in [-0.2, -0.15) is 0 Å². The molecule has 0 aliphatic heterocycles. The molecule has 2 aliphatic rings. The fourth-order valence-corrected chi connectivity index (χ4v) is 5.99. The molecule has 0 heterocycles. The van der Waals surface area contributed by atoms with Gasteiger partial charge in [-0.05, 0) is 73.6 Å². The molecule has 0 spiro atoms. The molecule has 8 heteroatoms. The van der Waals surface area contributed by atoms with Crippen LogP contribution in [0.15, 0.2) is 47.4 Å². The number of nitrogens with one attached hydrogen (secondary N) is 1. The van der Waals surface area contributed by atoms with Crippen LogP contribution in [0.2, 0.25) is 5.02 Å². The standard InChI is InChI=1S/C22H25ClN2O4S/c1-25(30(27,28)18-8-6-17(29-2)7-9-18)16-5-10-20(23)19(13-16)22(26)24-21-12-14-3-4-15(21)11-14/h5-10,13-15,21H,3-4,11-12H2,1-2H3,(H,24,26)/t14-,15-,21-/m1/s1. The molecule has 0 radical (unpaired) electrons. The van der Waals surface area contributed by atoms with Crippen molar-refractivity contribution in [3.05, 3.63) is 53.1 Å². The first-order valence-corrected chi connectivity index (χ1v) is 11.8. The number of sulfonamides is 1. The number of anilines is 1. The van der Waals surface area contributed by atoms with Gasteiger partial charge >= 0.3 is 0 Å². The number of methoxy groups -OCH3 is 1. The Balaban J connectivity index is 1.56. The molecular formula is C22H25ClN2O4S. The van der Waals surface area contributed by atoms with E-state index in [1.165, 1.54) is 45.2 Å². The van der Waals surface area contributed by atoms with Crippen LogP contribution in [0.25, 0.3) is 0 Å². The zero-order chi connectivity index (χ0) is 21.5. The van der Waals surface area contributed by atoms with Crippen LogP contribution < -0.4 is 14.4 Å². The van der Waals surface area contributed by atoms with Gasteiger partial charge in [-0.1, -0.05) is 18.0 Å². The molecule has 0 aromatic heterocycles. The van der Waals surface area contributed by atoms with E-state index in [1.54, 1.807) is 24.3 Å². The molecular weight excluding hydrogens is 424 g/mol. The van der Waals surface area contributed by atoms with E-state index < -0.39 is 10.0 Å². The lowest BCUT2D eigenvalue weighted by Gasteiger charge is -2.24. The summed E-state index contributed by atoms with van der Waals surface area (Å²) in [4.78, 5) is 13.0. The summed E-state index contributed by atoms with van der Waals surface area (Å²) in [5, 5.41) is 3.41. The molecule has 2 saturated carbocycles. The summed E-state index contributed by atoms with van der Waals surface area (Å²) in [6.07, 6.45) is 4.61. The Morgan fingerprint density at radius 2 is 1.87 bits per heavy atom. The topological polar surface area (TPSA) is 75.7 Å². The number of hydrogen-bond acceptors (Lipinski definition) is 4. The molecule has 30 heavy (non-hydrogen) atoms. The van der Waals surface area contributed by atoms with Gasteiger partial charge < -0.3 is 10.1 Å². The van der Waals surface area contributed by atoms with Crippen LogP contribution in [0, 0.1) is 11.8 Å². The van der Waals surface area contributed by atoms with Crippen LogP contribution >= 0.6 is 11.6 Å². The lowest BCUT2D eigenvalue weighted by Crippen LogP contribution is -2.38.